The molecule has 114 valence electrons. The summed E-state index contributed by atoms with van der Waals surface area (Å²) in [5, 5.41) is 14.7. The first-order valence-corrected chi connectivity index (χ1v) is 7.57. The fourth-order valence-electron chi connectivity index (χ4n) is 2.69. The van der Waals surface area contributed by atoms with Gasteiger partial charge in [-0.3, -0.25) is 9.59 Å². The van der Waals surface area contributed by atoms with Crippen molar-refractivity contribution in [1.82, 2.24) is 15.5 Å². The van der Waals surface area contributed by atoms with Crippen LogP contribution in [0, 0.1) is 11.8 Å². The zero-order valence-corrected chi connectivity index (χ0v) is 11.9. The molecule has 0 bridgehead atoms. The number of aliphatic hydroxyl groups excluding tert-OH is 1. The normalized spacial score (nSPS) is 20.6. The number of hydrogen-bond acceptors (Lipinski definition) is 4. The van der Waals surface area contributed by atoms with Crippen LogP contribution < -0.4 is 10.6 Å². The van der Waals surface area contributed by atoms with Crippen LogP contribution in [0.1, 0.15) is 25.7 Å². The van der Waals surface area contributed by atoms with E-state index in [0.29, 0.717) is 38.4 Å². The zero-order chi connectivity index (χ0) is 14.4. The number of hydrogen-bond donors (Lipinski definition) is 3. The highest BCUT2D eigenvalue weighted by atomic mass is 16.3. The zero-order valence-electron chi connectivity index (χ0n) is 11.9. The van der Waals surface area contributed by atoms with Crippen LogP contribution in [0.4, 0.5) is 0 Å². The van der Waals surface area contributed by atoms with Crippen LogP contribution in [-0.4, -0.2) is 61.2 Å². The van der Waals surface area contributed by atoms with Gasteiger partial charge in [-0.1, -0.05) is 0 Å². The molecular weight excluding hydrogens is 258 g/mol. The van der Waals surface area contributed by atoms with Crippen molar-refractivity contribution in [3.63, 3.8) is 0 Å². The Kier molecular flexibility index (Phi) is 5.79. The monoisotopic (exact) mass is 283 g/mol. The summed E-state index contributed by atoms with van der Waals surface area (Å²) in [6.45, 7) is 3.92. The molecule has 2 saturated heterocycles. The Hall–Kier alpha value is -1.14. The second-order valence-electron chi connectivity index (χ2n) is 5.75. The van der Waals surface area contributed by atoms with E-state index in [0.717, 1.165) is 25.9 Å². The third kappa shape index (κ3) is 4.18. The van der Waals surface area contributed by atoms with Crippen molar-refractivity contribution >= 4 is 11.8 Å². The largest absolute Gasteiger partial charge is 0.396 e. The number of nitrogens with one attached hydrogen (secondary N) is 2. The summed E-state index contributed by atoms with van der Waals surface area (Å²) in [6.07, 6.45) is 2.73. The van der Waals surface area contributed by atoms with Gasteiger partial charge in [0.25, 0.3) is 0 Å². The van der Waals surface area contributed by atoms with Crippen LogP contribution in [0.5, 0.6) is 0 Å². The van der Waals surface area contributed by atoms with Crippen molar-refractivity contribution < 1.29 is 14.7 Å². The molecule has 6 nitrogen and oxygen atoms in total. The van der Waals surface area contributed by atoms with Crippen molar-refractivity contribution in [1.29, 1.82) is 0 Å². The van der Waals surface area contributed by atoms with Crippen molar-refractivity contribution in [2.45, 2.75) is 25.7 Å². The summed E-state index contributed by atoms with van der Waals surface area (Å²) in [5.74, 6) is 0.814. The number of piperidine rings is 1. The third-order valence-corrected chi connectivity index (χ3v) is 4.18. The van der Waals surface area contributed by atoms with Gasteiger partial charge in [0.2, 0.25) is 11.8 Å². The number of carbonyl (C=O) groups is 2. The van der Waals surface area contributed by atoms with Gasteiger partial charge in [-0.15, -0.1) is 0 Å². The molecule has 20 heavy (non-hydrogen) atoms. The van der Waals surface area contributed by atoms with Crippen LogP contribution >= 0.6 is 0 Å². The fraction of sp³-hybridized carbons (Fsp3) is 0.857. The van der Waals surface area contributed by atoms with Gasteiger partial charge in [-0.05, 0) is 38.3 Å². The minimum atomic E-state index is 0.0168. The topological polar surface area (TPSA) is 81.7 Å². The molecule has 2 aliphatic rings. The molecule has 0 aliphatic carbocycles. The van der Waals surface area contributed by atoms with Gasteiger partial charge in [0.15, 0.2) is 0 Å². The van der Waals surface area contributed by atoms with Gasteiger partial charge in [0, 0.05) is 38.6 Å². The lowest BCUT2D eigenvalue weighted by Gasteiger charge is -2.34. The Morgan fingerprint density at radius 2 is 1.95 bits per heavy atom. The molecular formula is C14H25N3O3. The summed E-state index contributed by atoms with van der Waals surface area (Å²) >= 11 is 0. The lowest BCUT2D eigenvalue weighted by atomic mass is 9.94. The van der Waals surface area contributed by atoms with E-state index in [1.807, 2.05) is 4.90 Å². The molecule has 0 aromatic heterocycles. The fourth-order valence-corrected chi connectivity index (χ4v) is 2.69. The first kappa shape index (κ1) is 15.3. The summed E-state index contributed by atoms with van der Waals surface area (Å²) < 4.78 is 0. The van der Waals surface area contributed by atoms with Gasteiger partial charge in [0.1, 0.15) is 0 Å². The highest BCUT2D eigenvalue weighted by molar-refractivity contribution is 5.80. The lowest BCUT2D eigenvalue weighted by molar-refractivity contribution is -0.136. The molecule has 0 unspecified atom stereocenters. The summed E-state index contributed by atoms with van der Waals surface area (Å²) in [5.41, 5.74) is 0. The van der Waals surface area contributed by atoms with Crippen LogP contribution in [0.3, 0.4) is 0 Å². The van der Waals surface area contributed by atoms with Gasteiger partial charge < -0.3 is 20.6 Å². The van der Waals surface area contributed by atoms with Crippen LogP contribution in [0.15, 0.2) is 0 Å². The molecule has 0 atom stereocenters. The van der Waals surface area contributed by atoms with E-state index in [4.69, 9.17) is 5.11 Å². The van der Waals surface area contributed by atoms with Crippen molar-refractivity contribution in [3.05, 3.63) is 0 Å². The van der Waals surface area contributed by atoms with E-state index < -0.39 is 0 Å². The van der Waals surface area contributed by atoms with Crippen LogP contribution in [0.25, 0.3) is 0 Å². The molecule has 3 N–H and O–H groups in total. The number of aliphatic hydroxyl groups is 1. The van der Waals surface area contributed by atoms with Crippen LogP contribution in [0.2, 0.25) is 0 Å². The summed E-state index contributed by atoms with van der Waals surface area (Å²) in [4.78, 5) is 25.8. The molecule has 2 amide bonds. The van der Waals surface area contributed by atoms with Crippen molar-refractivity contribution in [2.24, 2.45) is 11.8 Å². The summed E-state index contributed by atoms with van der Waals surface area (Å²) in [6, 6.07) is 0. The average molecular weight is 283 g/mol. The van der Waals surface area contributed by atoms with Gasteiger partial charge in [-0.25, -0.2) is 0 Å². The third-order valence-electron chi connectivity index (χ3n) is 4.18. The van der Waals surface area contributed by atoms with E-state index in [-0.39, 0.29) is 24.3 Å². The molecule has 6 heteroatoms. The number of likely N-dealkylation sites (tertiary alicyclic amines) is 1. The Morgan fingerprint density at radius 1 is 1.25 bits per heavy atom. The van der Waals surface area contributed by atoms with Crippen molar-refractivity contribution in [2.75, 3.05) is 39.3 Å². The highest BCUT2D eigenvalue weighted by Crippen LogP contribution is 2.19. The van der Waals surface area contributed by atoms with E-state index in [9.17, 15) is 9.59 Å². The minimum Gasteiger partial charge on any atom is -0.396 e. The molecule has 0 radical (unpaired) electrons. The Balaban J connectivity index is 1.66. The van der Waals surface area contributed by atoms with E-state index in [1.165, 1.54) is 0 Å². The Labute approximate surface area is 119 Å². The predicted molar refractivity (Wildman–Crippen MR) is 75.0 cm³/mol. The van der Waals surface area contributed by atoms with E-state index in [2.05, 4.69) is 10.6 Å². The highest BCUT2D eigenvalue weighted by Gasteiger charge is 2.29. The summed E-state index contributed by atoms with van der Waals surface area (Å²) in [7, 11) is 0. The second kappa shape index (κ2) is 7.59. The van der Waals surface area contributed by atoms with Gasteiger partial charge >= 0.3 is 0 Å². The van der Waals surface area contributed by atoms with Crippen molar-refractivity contribution in [3.8, 4) is 0 Å². The Morgan fingerprint density at radius 3 is 2.50 bits per heavy atom. The minimum absolute atomic E-state index is 0.0168. The number of carbonyl (C=O) groups excluding carboxylic acids is 2. The molecule has 0 spiro atoms. The second-order valence-corrected chi connectivity index (χ2v) is 5.75. The maximum Gasteiger partial charge on any atom is 0.223 e. The lowest BCUT2D eigenvalue weighted by Crippen LogP contribution is -2.47. The van der Waals surface area contributed by atoms with E-state index in [1.54, 1.807) is 0 Å². The smallest absolute Gasteiger partial charge is 0.223 e. The molecule has 2 rings (SSSR count). The van der Waals surface area contributed by atoms with Crippen LogP contribution in [-0.2, 0) is 9.59 Å². The predicted octanol–water partition coefficient (Wildman–Crippen LogP) is -0.667. The van der Waals surface area contributed by atoms with E-state index >= 15 is 0 Å². The number of amides is 2. The maximum absolute atomic E-state index is 12.1. The molecule has 0 aromatic rings. The quantitative estimate of drug-likeness (QED) is 0.565. The number of nitrogens with zero attached hydrogens (tertiary/aromatic N) is 1. The average Bonchev–Trinajstić information content (AvgIpc) is 2.43. The Bertz CT molecular complexity index is 337. The molecule has 2 aliphatic heterocycles. The first-order valence-electron chi connectivity index (χ1n) is 7.57. The molecule has 0 saturated carbocycles. The maximum atomic E-state index is 12.1. The molecule has 2 fully saturated rings. The first-order chi connectivity index (χ1) is 9.70. The van der Waals surface area contributed by atoms with Gasteiger partial charge in [0.05, 0.1) is 0 Å². The molecule has 2 heterocycles. The van der Waals surface area contributed by atoms with Gasteiger partial charge in [-0.2, -0.15) is 0 Å². The number of rotatable bonds is 6. The molecule has 0 aromatic carbocycles. The SMILES string of the molecule is O=C(NCCCO)C1CCN(C(=O)CC2CNC2)CC1. The standard InChI is InChI=1S/C14H25N3O3/c18-7-1-4-16-14(20)12-2-5-17(6-3-12)13(19)8-11-9-15-10-11/h11-12,15,18H,1-10H2,(H,16,20).